The highest BCUT2D eigenvalue weighted by Gasteiger charge is 2.32. The predicted octanol–water partition coefficient (Wildman–Crippen LogP) is 6.86. The van der Waals surface area contributed by atoms with Crippen LogP contribution in [0.1, 0.15) is 36.1 Å². The van der Waals surface area contributed by atoms with Gasteiger partial charge in [0.2, 0.25) is 0 Å². The first-order chi connectivity index (χ1) is 17.5. The van der Waals surface area contributed by atoms with Crippen LogP contribution < -0.4 is 4.74 Å². The van der Waals surface area contributed by atoms with Crippen LogP contribution in [0.5, 0.6) is 5.75 Å². The summed E-state index contributed by atoms with van der Waals surface area (Å²) in [7, 11) is 0. The first-order valence-corrected chi connectivity index (χ1v) is 12.9. The highest BCUT2D eigenvalue weighted by Crippen LogP contribution is 2.35. The number of aryl methyl sites for hydroxylation is 1. The van der Waals surface area contributed by atoms with Crippen LogP contribution in [-0.2, 0) is 12.0 Å². The lowest BCUT2D eigenvalue weighted by molar-refractivity contribution is 0.0810. The van der Waals surface area contributed by atoms with Crippen LogP contribution in [0.2, 0.25) is 0 Å². The standard InChI is InChI=1S/C33H37NO2/c1-4-34(5-2)23-24-36-32-21-19-31(20-22-32)33(35,25-27-13-11-26(3)12-14-27)30-17-15-29(16-18-30)28-9-7-6-8-10-28/h6-22,35H,4-5,23-25H2,1-3H3. The number of hydrogen-bond acceptors (Lipinski definition) is 3. The monoisotopic (exact) mass is 479 g/mol. The zero-order valence-electron chi connectivity index (χ0n) is 21.7. The molecule has 0 aliphatic carbocycles. The molecule has 1 N–H and O–H groups in total. The molecular weight excluding hydrogens is 442 g/mol. The Balaban J connectivity index is 1.60. The maximum Gasteiger partial charge on any atom is 0.119 e. The highest BCUT2D eigenvalue weighted by molar-refractivity contribution is 5.64. The lowest BCUT2D eigenvalue weighted by atomic mass is 9.80. The maximum absolute atomic E-state index is 12.2. The van der Waals surface area contributed by atoms with Crippen molar-refractivity contribution in [3.63, 3.8) is 0 Å². The van der Waals surface area contributed by atoms with E-state index in [2.05, 4.69) is 74.2 Å². The van der Waals surface area contributed by atoms with Crippen LogP contribution in [0.4, 0.5) is 0 Å². The van der Waals surface area contributed by atoms with Crippen molar-refractivity contribution in [1.29, 1.82) is 0 Å². The molecule has 0 radical (unpaired) electrons. The van der Waals surface area contributed by atoms with Gasteiger partial charge in [0.05, 0.1) is 0 Å². The van der Waals surface area contributed by atoms with Gasteiger partial charge in [0.1, 0.15) is 18.0 Å². The first kappa shape index (κ1) is 25.7. The minimum absolute atomic E-state index is 0.486. The molecule has 0 bridgehead atoms. The second-order valence-corrected chi connectivity index (χ2v) is 9.37. The third-order valence-electron chi connectivity index (χ3n) is 6.95. The van der Waals surface area contributed by atoms with Crippen molar-refractivity contribution < 1.29 is 9.84 Å². The Morgan fingerprint density at radius 3 is 1.83 bits per heavy atom. The Hall–Kier alpha value is -3.40. The molecule has 0 amide bonds. The van der Waals surface area contributed by atoms with E-state index in [0.717, 1.165) is 53.2 Å². The van der Waals surface area contributed by atoms with Crippen molar-refractivity contribution in [2.75, 3.05) is 26.2 Å². The minimum Gasteiger partial charge on any atom is -0.492 e. The van der Waals surface area contributed by atoms with E-state index in [-0.39, 0.29) is 0 Å². The van der Waals surface area contributed by atoms with E-state index in [1.54, 1.807) is 0 Å². The second kappa shape index (κ2) is 12.0. The lowest BCUT2D eigenvalue weighted by Crippen LogP contribution is -2.30. The Kier molecular flexibility index (Phi) is 8.58. The molecule has 1 unspecified atom stereocenters. The fraction of sp³-hybridized carbons (Fsp3) is 0.273. The molecule has 0 heterocycles. The normalized spacial score (nSPS) is 12.9. The van der Waals surface area contributed by atoms with Crippen LogP contribution in [0.15, 0.2) is 103 Å². The third kappa shape index (κ3) is 6.23. The molecule has 3 heteroatoms. The van der Waals surface area contributed by atoms with Crippen LogP contribution in [0.25, 0.3) is 11.1 Å². The summed E-state index contributed by atoms with van der Waals surface area (Å²) in [4.78, 5) is 2.34. The lowest BCUT2D eigenvalue weighted by Gasteiger charge is -2.30. The van der Waals surface area contributed by atoms with Gasteiger partial charge in [0.25, 0.3) is 0 Å². The van der Waals surface area contributed by atoms with Gasteiger partial charge in [-0.05, 0) is 60.0 Å². The van der Waals surface area contributed by atoms with Crippen LogP contribution >= 0.6 is 0 Å². The number of nitrogens with zero attached hydrogens (tertiary/aromatic N) is 1. The SMILES string of the molecule is CCN(CC)CCOc1ccc(C(O)(Cc2ccc(C)cc2)c2ccc(-c3ccccc3)cc2)cc1. The molecule has 1 atom stereocenters. The topological polar surface area (TPSA) is 32.7 Å². The molecule has 3 nitrogen and oxygen atoms in total. The molecular formula is C33H37NO2. The molecule has 0 fully saturated rings. The zero-order valence-corrected chi connectivity index (χ0v) is 21.7. The summed E-state index contributed by atoms with van der Waals surface area (Å²) in [6.45, 7) is 10.0. The van der Waals surface area contributed by atoms with E-state index < -0.39 is 5.60 Å². The Morgan fingerprint density at radius 1 is 0.694 bits per heavy atom. The van der Waals surface area contributed by atoms with Gasteiger partial charge in [-0.25, -0.2) is 0 Å². The summed E-state index contributed by atoms with van der Waals surface area (Å²) in [6.07, 6.45) is 0.486. The fourth-order valence-corrected chi connectivity index (χ4v) is 4.60. The van der Waals surface area contributed by atoms with Crippen LogP contribution in [-0.4, -0.2) is 36.2 Å². The molecule has 0 spiro atoms. The fourth-order valence-electron chi connectivity index (χ4n) is 4.60. The Morgan fingerprint density at radius 2 is 1.25 bits per heavy atom. The van der Waals surface area contributed by atoms with Crippen molar-refractivity contribution in [3.8, 4) is 16.9 Å². The van der Waals surface area contributed by atoms with E-state index in [4.69, 9.17) is 4.74 Å². The quantitative estimate of drug-likeness (QED) is 0.255. The van der Waals surface area contributed by atoms with Crippen molar-refractivity contribution in [2.45, 2.75) is 32.8 Å². The minimum atomic E-state index is -1.16. The van der Waals surface area contributed by atoms with E-state index in [1.165, 1.54) is 5.56 Å². The molecule has 4 aromatic carbocycles. The zero-order chi connectivity index (χ0) is 25.4. The van der Waals surface area contributed by atoms with Gasteiger partial charge in [0, 0.05) is 13.0 Å². The second-order valence-electron chi connectivity index (χ2n) is 9.37. The molecule has 4 aromatic rings. The summed E-state index contributed by atoms with van der Waals surface area (Å²) in [5.41, 5.74) is 5.16. The number of likely N-dealkylation sites (N-methyl/N-ethyl adjacent to an activating group) is 1. The molecule has 36 heavy (non-hydrogen) atoms. The smallest absolute Gasteiger partial charge is 0.119 e. The van der Waals surface area contributed by atoms with Gasteiger partial charge in [-0.3, -0.25) is 0 Å². The van der Waals surface area contributed by atoms with Gasteiger partial charge >= 0.3 is 0 Å². The number of benzene rings is 4. The van der Waals surface area contributed by atoms with E-state index >= 15 is 0 Å². The van der Waals surface area contributed by atoms with Crippen molar-refractivity contribution in [3.05, 3.63) is 125 Å². The first-order valence-electron chi connectivity index (χ1n) is 12.9. The summed E-state index contributed by atoms with van der Waals surface area (Å²) in [5, 5.41) is 12.2. The molecule has 186 valence electrons. The van der Waals surface area contributed by atoms with Gasteiger partial charge in [-0.15, -0.1) is 0 Å². The molecule has 0 aliphatic rings. The summed E-state index contributed by atoms with van der Waals surface area (Å²) in [6, 6.07) is 34.9. The summed E-state index contributed by atoms with van der Waals surface area (Å²) in [5.74, 6) is 0.822. The van der Waals surface area contributed by atoms with Gasteiger partial charge in [0.15, 0.2) is 0 Å². The van der Waals surface area contributed by atoms with E-state index in [1.807, 2.05) is 54.6 Å². The van der Waals surface area contributed by atoms with Crippen LogP contribution in [0, 0.1) is 6.92 Å². The Bertz CT molecular complexity index is 1200. The molecule has 0 aliphatic heterocycles. The highest BCUT2D eigenvalue weighted by atomic mass is 16.5. The number of aliphatic hydroxyl groups is 1. The number of ether oxygens (including phenoxy) is 1. The van der Waals surface area contributed by atoms with Crippen molar-refractivity contribution in [1.82, 2.24) is 4.90 Å². The third-order valence-corrected chi connectivity index (χ3v) is 6.95. The maximum atomic E-state index is 12.2. The average molecular weight is 480 g/mol. The Labute approximate surface area is 216 Å². The molecule has 0 saturated carbocycles. The number of hydrogen-bond donors (Lipinski definition) is 1. The van der Waals surface area contributed by atoms with E-state index in [9.17, 15) is 5.11 Å². The van der Waals surface area contributed by atoms with Gasteiger partial charge in [-0.1, -0.05) is 110 Å². The average Bonchev–Trinajstić information content (AvgIpc) is 2.93. The molecule has 0 aromatic heterocycles. The van der Waals surface area contributed by atoms with Crippen LogP contribution in [0.3, 0.4) is 0 Å². The summed E-state index contributed by atoms with van der Waals surface area (Å²) < 4.78 is 5.99. The predicted molar refractivity (Wildman–Crippen MR) is 149 cm³/mol. The van der Waals surface area contributed by atoms with Crippen molar-refractivity contribution in [2.24, 2.45) is 0 Å². The largest absolute Gasteiger partial charge is 0.492 e. The van der Waals surface area contributed by atoms with Crippen molar-refractivity contribution >= 4 is 0 Å². The van der Waals surface area contributed by atoms with Gasteiger partial charge in [-0.2, -0.15) is 0 Å². The van der Waals surface area contributed by atoms with Gasteiger partial charge < -0.3 is 14.7 Å². The number of rotatable bonds is 11. The molecule has 4 rings (SSSR count). The molecule has 0 saturated heterocycles. The summed E-state index contributed by atoms with van der Waals surface area (Å²) >= 11 is 0. The van der Waals surface area contributed by atoms with E-state index in [0.29, 0.717) is 13.0 Å².